The van der Waals surface area contributed by atoms with E-state index in [0.29, 0.717) is 69.1 Å². The molecule has 0 aliphatic carbocycles. The van der Waals surface area contributed by atoms with Crippen molar-refractivity contribution >= 4 is 80.0 Å². The lowest BCUT2D eigenvalue weighted by Gasteiger charge is -2.36. The number of fused-ring (bicyclic) bond motifs is 3. The van der Waals surface area contributed by atoms with E-state index in [4.69, 9.17) is 4.42 Å². The Balaban J connectivity index is 0.843. The summed E-state index contributed by atoms with van der Waals surface area (Å²) in [6.45, 7) is 10.3. The van der Waals surface area contributed by atoms with E-state index in [9.17, 15) is 24.3 Å². The molecule has 1 unspecified atom stereocenters. The molecule has 0 radical (unpaired) electrons. The summed E-state index contributed by atoms with van der Waals surface area (Å²) in [5.41, 5.74) is 3.62. The Bertz CT molecular complexity index is 2670. The van der Waals surface area contributed by atoms with Crippen molar-refractivity contribution in [1.29, 1.82) is 0 Å². The normalized spacial score (nSPS) is 15.6. The summed E-state index contributed by atoms with van der Waals surface area (Å²) in [4.78, 5) is 68.2. The Kier molecular flexibility index (Phi) is 11.8. The largest absolute Gasteiger partial charge is 0.464 e. The average Bonchev–Trinajstić information content (AvgIpc) is 3.70. The molecule has 8 rings (SSSR count). The number of imide groups is 1. The van der Waals surface area contributed by atoms with Gasteiger partial charge in [-0.3, -0.25) is 24.5 Å². The molecule has 0 spiro atoms. The Morgan fingerprint density at radius 2 is 1.77 bits per heavy atom. The van der Waals surface area contributed by atoms with Gasteiger partial charge < -0.3 is 40.6 Å². The third kappa shape index (κ3) is 9.19. The van der Waals surface area contributed by atoms with Crippen LogP contribution in [0.2, 0.25) is 0 Å². The van der Waals surface area contributed by atoms with Crippen LogP contribution in [0, 0.1) is 0 Å². The lowest BCUT2D eigenvalue weighted by Crippen LogP contribution is -2.49. The summed E-state index contributed by atoms with van der Waals surface area (Å²) in [5, 5.41) is 28.2. The molecule has 3 aromatic carbocycles. The number of piperidine rings is 1. The van der Waals surface area contributed by atoms with Gasteiger partial charge in [-0.25, -0.2) is 9.97 Å². The zero-order valence-electron chi connectivity index (χ0n) is 34.5. The van der Waals surface area contributed by atoms with Crippen molar-refractivity contribution in [3.05, 3.63) is 115 Å². The zero-order valence-corrected chi connectivity index (χ0v) is 34.5. The molecule has 318 valence electrons. The summed E-state index contributed by atoms with van der Waals surface area (Å²) in [5.74, 6) is -0.396. The fraction of sp³-hybridized carbons (Fsp3) is 0.283. The molecule has 1 atom stereocenters. The van der Waals surface area contributed by atoms with Crippen LogP contribution in [0.15, 0.2) is 102 Å². The van der Waals surface area contributed by atoms with E-state index >= 15 is 0 Å². The van der Waals surface area contributed by atoms with E-state index in [0.717, 1.165) is 38.8 Å². The lowest BCUT2D eigenvalue weighted by molar-refractivity contribution is -0.134. The molecular weight excluding hydrogens is 789 g/mol. The van der Waals surface area contributed by atoms with Crippen LogP contribution >= 0.6 is 0 Å². The van der Waals surface area contributed by atoms with E-state index in [1.54, 1.807) is 44.4 Å². The van der Waals surface area contributed by atoms with E-state index in [1.165, 1.54) is 6.20 Å². The smallest absolute Gasteiger partial charge is 0.256 e. The molecule has 2 saturated heterocycles. The maximum atomic E-state index is 13.2. The quantitative estimate of drug-likeness (QED) is 0.0545. The molecule has 4 amide bonds. The molecule has 62 heavy (non-hydrogen) atoms. The molecular formula is C46H48N10O6. The predicted octanol–water partition coefficient (Wildman–Crippen LogP) is 6.07. The second-order valence-electron chi connectivity index (χ2n) is 15.8. The molecule has 16 nitrogen and oxygen atoms in total. The molecule has 6 aromatic rings. The van der Waals surface area contributed by atoms with Crippen molar-refractivity contribution < 1.29 is 28.7 Å². The van der Waals surface area contributed by atoms with Gasteiger partial charge in [0.15, 0.2) is 0 Å². The average molecular weight is 837 g/mol. The van der Waals surface area contributed by atoms with Crippen LogP contribution in [-0.4, -0.2) is 87.9 Å². The number of piperazine rings is 1. The van der Waals surface area contributed by atoms with Gasteiger partial charge in [-0.05, 0) is 85.6 Å². The van der Waals surface area contributed by atoms with Gasteiger partial charge in [-0.15, -0.1) is 6.58 Å². The molecule has 2 fully saturated rings. The Morgan fingerprint density at radius 3 is 2.53 bits per heavy atom. The minimum atomic E-state index is -1.16. The van der Waals surface area contributed by atoms with Crippen LogP contribution in [0.4, 0.5) is 34.6 Å². The Morgan fingerprint density at radius 1 is 0.984 bits per heavy atom. The fourth-order valence-corrected chi connectivity index (χ4v) is 7.75. The maximum absolute atomic E-state index is 13.2. The summed E-state index contributed by atoms with van der Waals surface area (Å²) < 4.78 is 5.81. The van der Waals surface area contributed by atoms with Gasteiger partial charge in [0, 0.05) is 86.3 Å². The Labute approximate surface area is 357 Å². The highest BCUT2D eigenvalue weighted by Gasteiger charge is 2.31. The van der Waals surface area contributed by atoms with Crippen LogP contribution in [0.3, 0.4) is 0 Å². The molecule has 0 bridgehead atoms. The highest BCUT2D eigenvalue weighted by Crippen LogP contribution is 2.37. The van der Waals surface area contributed by atoms with E-state index in [1.807, 2.05) is 59.5 Å². The van der Waals surface area contributed by atoms with E-state index < -0.39 is 11.5 Å². The van der Waals surface area contributed by atoms with Gasteiger partial charge in [0.1, 0.15) is 28.4 Å². The van der Waals surface area contributed by atoms with Crippen LogP contribution < -0.4 is 31.5 Å². The number of hydrogen-bond donors (Lipinski definition) is 6. The highest BCUT2D eigenvalue weighted by molar-refractivity contribution is 6.11. The first kappa shape index (κ1) is 41.4. The van der Waals surface area contributed by atoms with Crippen molar-refractivity contribution in [3.8, 4) is 0 Å². The number of anilines is 6. The van der Waals surface area contributed by atoms with Gasteiger partial charge in [0.25, 0.3) is 5.91 Å². The minimum Gasteiger partial charge on any atom is -0.464 e. The van der Waals surface area contributed by atoms with Gasteiger partial charge in [0.05, 0.1) is 17.9 Å². The standard InChI is InChI=1S/C46H48N10O6/c1-4-19-48-43(59)34-26-49-45(54-42(34)52-38-7-5-6-37(51-38)46(2,3)61)50-29-9-12-31(13-10-29)55-21-23-56(24-22-55)40(58)18-20-47-30-11-14-32-28(25-30)8-16-36-41(32)35(27-62-36)33-15-17-39(57)53-44(33)60/h4-14,16,25-27,33,47,61H,1,15,17-24H2,2-3H3,(H,48,59)(H,53,57,60)(H2,49,50,51,52,54). The van der Waals surface area contributed by atoms with Crippen molar-refractivity contribution in [2.24, 2.45) is 0 Å². The SMILES string of the molecule is C=CCNC(=O)c1cnc(Nc2ccc(N3CCN(C(=O)CCNc4ccc5c(ccc6occ(C7CCC(=O)NC7=O)c65)c4)CC3)cc2)nc1Nc1cccc(C(C)(C)O)n1. The second kappa shape index (κ2) is 17.7. The number of benzene rings is 3. The third-order valence-corrected chi connectivity index (χ3v) is 11.0. The molecule has 0 saturated carbocycles. The molecule has 3 aromatic heterocycles. The fourth-order valence-electron chi connectivity index (χ4n) is 7.75. The first-order chi connectivity index (χ1) is 29.9. The summed E-state index contributed by atoms with van der Waals surface area (Å²) in [6, 6.07) is 22.9. The van der Waals surface area contributed by atoms with E-state index in [-0.39, 0.29) is 47.5 Å². The minimum absolute atomic E-state index is 0.0882. The number of carbonyl (C=O) groups excluding carboxylic acids is 4. The van der Waals surface area contributed by atoms with Crippen LogP contribution in [0.5, 0.6) is 0 Å². The molecule has 16 heteroatoms. The van der Waals surface area contributed by atoms with Crippen molar-refractivity contribution in [3.63, 3.8) is 0 Å². The first-order valence-corrected chi connectivity index (χ1v) is 20.6. The number of rotatable bonds is 14. The number of aromatic nitrogens is 3. The lowest BCUT2D eigenvalue weighted by atomic mass is 9.89. The number of pyridine rings is 1. The van der Waals surface area contributed by atoms with Gasteiger partial charge >= 0.3 is 0 Å². The van der Waals surface area contributed by atoms with Crippen molar-refractivity contribution in [2.75, 3.05) is 60.1 Å². The molecule has 2 aliphatic rings. The van der Waals surface area contributed by atoms with Gasteiger partial charge in [0.2, 0.25) is 23.7 Å². The monoisotopic (exact) mass is 836 g/mol. The number of aliphatic hydroxyl groups is 1. The second-order valence-corrected chi connectivity index (χ2v) is 15.8. The van der Waals surface area contributed by atoms with E-state index in [2.05, 4.69) is 53.0 Å². The number of furan rings is 1. The zero-order chi connectivity index (χ0) is 43.4. The topological polar surface area (TPSA) is 207 Å². The third-order valence-electron chi connectivity index (χ3n) is 11.0. The van der Waals surface area contributed by atoms with Crippen molar-refractivity contribution in [1.82, 2.24) is 30.5 Å². The number of nitrogens with zero attached hydrogens (tertiary/aromatic N) is 5. The van der Waals surface area contributed by atoms with Crippen LogP contribution in [0.1, 0.15) is 60.6 Å². The maximum Gasteiger partial charge on any atom is 0.256 e. The number of hydrogen-bond acceptors (Lipinski definition) is 13. The molecule has 2 aliphatic heterocycles. The first-order valence-electron chi connectivity index (χ1n) is 20.6. The summed E-state index contributed by atoms with van der Waals surface area (Å²) in [6.07, 6.45) is 5.73. The van der Waals surface area contributed by atoms with Gasteiger partial charge in [-0.1, -0.05) is 24.3 Å². The summed E-state index contributed by atoms with van der Waals surface area (Å²) in [7, 11) is 0. The van der Waals surface area contributed by atoms with Crippen LogP contribution in [-0.2, 0) is 20.0 Å². The number of amides is 4. The number of nitrogens with one attached hydrogen (secondary N) is 5. The van der Waals surface area contributed by atoms with Crippen LogP contribution in [0.25, 0.3) is 21.7 Å². The Hall–Kier alpha value is -7.33. The number of carbonyl (C=O) groups is 4. The predicted molar refractivity (Wildman–Crippen MR) is 238 cm³/mol. The highest BCUT2D eigenvalue weighted by atomic mass is 16.3. The molecule has 6 N–H and O–H groups in total. The van der Waals surface area contributed by atoms with Gasteiger partial charge in [-0.2, -0.15) is 4.98 Å². The molecule has 5 heterocycles. The van der Waals surface area contributed by atoms with Crippen molar-refractivity contribution in [2.45, 2.75) is 44.6 Å². The summed E-state index contributed by atoms with van der Waals surface area (Å²) >= 11 is 0.